The van der Waals surface area contributed by atoms with Crippen LogP contribution in [0.2, 0.25) is 0 Å². The van der Waals surface area contributed by atoms with Gasteiger partial charge in [-0.15, -0.1) is 0 Å². The summed E-state index contributed by atoms with van der Waals surface area (Å²) < 4.78 is 0. The molecule has 0 saturated heterocycles. The number of aliphatic hydroxyl groups excluding tert-OH is 2. The zero-order valence-electron chi connectivity index (χ0n) is 15.2. The molecule has 0 amide bonds. The summed E-state index contributed by atoms with van der Waals surface area (Å²) >= 11 is 0. The van der Waals surface area contributed by atoms with Gasteiger partial charge in [-0.2, -0.15) is 6.42 Å². The minimum atomic E-state index is 0. The molecular weight excluding hydrogens is 324 g/mol. The fourth-order valence-corrected chi connectivity index (χ4v) is 1.67. The molecular formula is C18H34N2O2Ti. The predicted octanol–water partition coefficient (Wildman–Crippen LogP) is 2.50. The molecule has 0 fully saturated rings. The first-order valence-electron chi connectivity index (χ1n) is 7.08. The summed E-state index contributed by atoms with van der Waals surface area (Å²) in [5.41, 5.74) is 2.44. The van der Waals surface area contributed by atoms with Crippen LogP contribution in [0.25, 0.3) is 0 Å². The van der Waals surface area contributed by atoms with Crippen LogP contribution in [0, 0.1) is 14.4 Å². The Morgan fingerprint density at radius 3 is 2.09 bits per heavy atom. The van der Waals surface area contributed by atoms with Crippen molar-refractivity contribution in [3.05, 3.63) is 62.5 Å². The number of allylic oxidation sites excluding steroid dienone is 1. The molecule has 23 heavy (non-hydrogen) atoms. The van der Waals surface area contributed by atoms with Crippen molar-refractivity contribution in [1.82, 2.24) is 10.2 Å². The monoisotopic (exact) mass is 358 g/mol. The average molecular weight is 358 g/mol. The van der Waals surface area contributed by atoms with Crippen LogP contribution in [0.3, 0.4) is 0 Å². The molecule has 1 aromatic carbocycles. The summed E-state index contributed by atoms with van der Waals surface area (Å²) in [6.45, 7) is 13.8. The second-order valence-electron chi connectivity index (χ2n) is 4.25. The Labute approximate surface area is 158 Å². The Bertz CT molecular complexity index is 335. The van der Waals surface area contributed by atoms with Gasteiger partial charge in [-0.3, -0.25) is 0 Å². The second-order valence-corrected chi connectivity index (χ2v) is 4.25. The van der Waals surface area contributed by atoms with Crippen molar-refractivity contribution in [2.45, 2.75) is 19.9 Å². The Hall–Kier alpha value is -0.646. The van der Waals surface area contributed by atoms with E-state index in [1.165, 1.54) is 5.56 Å². The van der Waals surface area contributed by atoms with E-state index in [-0.39, 0.29) is 29.1 Å². The number of aliphatic hydroxyl groups is 2. The number of rotatable bonds is 8. The van der Waals surface area contributed by atoms with Gasteiger partial charge in [0.2, 0.25) is 0 Å². The van der Waals surface area contributed by atoms with Crippen LogP contribution in [-0.4, -0.2) is 49.0 Å². The van der Waals surface area contributed by atoms with Crippen LogP contribution in [0.1, 0.15) is 18.9 Å². The van der Waals surface area contributed by atoms with Gasteiger partial charge in [0.05, 0.1) is 0 Å². The zero-order valence-corrected chi connectivity index (χ0v) is 16.7. The molecule has 0 bridgehead atoms. The van der Waals surface area contributed by atoms with E-state index in [1.807, 2.05) is 6.07 Å². The van der Waals surface area contributed by atoms with Gasteiger partial charge in [-0.1, -0.05) is 36.9 Å². The first-order valence-corrected chi connectivity index (χ1v) is 7.08. The average Bonchev–Trinajstić information content (AvgIpc) is 2.55. The number of hydrogen-bond donors (Lipinski definition) is 3. The molecule has 0 aliphatic heterocycles. The number of nitrogens with zero attached hydrogens (tertiary/aromatic N) is 1. The predicted molar refractivity (Wildman–Crippen MR) is 97.2 cm³/mol. The van der Waals surface area contributed by atoms with Crippen LogP contribution in [0.15, 0.2) is 42.6 Å². The summed E-state index contributed by atoms with van der Waals surface area (Å²) in [7, 11) is 2.00. The van der Waals surface area contributed by atoms with Crippen molar-refractivity contribution in [3.63, 3.8) is 0 Å². The van der Waals surface area contributed by atoms with Gasteiger partial charge < -0.3 is 34.8 Å². The minimum Gasteiger partial charge on any atom is -0.400 e. The molecule has 0 unspecified atom stereocenters. The maximum Gasteiger partial charge on any atom is 2.00 e. The molecule has 3 N–H and O–H groups in total. The van der Waals surface area contributed by atoms with E-state index >= 15 is 0 Å². The smallest absolute Gasteiger partial charge is 0.400 e. The van der Waals surface area contributed by atoms with Gasteiger partial charge >= 0.3 is 21.7 Å². The maximum atomic E-state index is 7.00. The SMILES string of the molecule is C=C(C)N(CCNCC[CH2-])Cc1ccccc1.CO.CO.[CH3-].[Ti+2]. The second kappa shape index (κ2) is 23.6. The van der Waals surface area contributed by atoms with Crippen molar-refractivity contribution >= 4 is 0 Å². The van der Waals surface area contributed by atoms with E-state index in [0.717, 1.165) is 52.5 Å². The van der Waals surface area contributed by atoms with Gasteiger partial charge in [0, 0.05) is 39.6 Å². The Kier molecular flexibility index (Phi) is 31.1. The van der Waals surface area contributed by atoms with Gasteiger partial charge in [0.15, 0.2) is 0 Å². The van der Waals surface area contributed by atoms with E-state index in [1.54, 1.807) is 0 Å². The minimum absolute atomic E-state index is 0. The van der Waals surface area contributed by atoms with Crippen molar-refractivity contribution in [1.29, 1.82) is 0 Å². The van der Waals surface area contributed by atoms with Crippen LogP contribution < -0.4 is 5.32 Å². The summed E-state index contributed by atoms with van der Waals surface area (Å²) in [6, 6.07) is 10.5. The molecule has 1 aromatic rings. The van der Waals surface area contributed by atoms with Gasteiger partial charge in [-0.05, 0) is 19.0 Å². The molecule has 0 spiro atoms. The van der Waals surface area contributed by atoms with Crippen molar-refractivity contribution < 1.29 is 31.9 Å². The topological polar surface area (TPSA) is 55.7 Å². The molecule has 0 aromatic heterocycles. The fourth-order valence-electron chi connectivity index (χ4n) is 1.67. The third-order valence-corrected chi connectivity index (χ3v) is 2.67. The van der Waals surface area contributed by atoms with Crippen molar-refractivity contribution in [3.8, 4) is 0 Å². The van der Waals surface area contributed by atoms with Crippen LogP contribution >= 0.6 is 0 Å². The standard InChI is InChI=1S/C15H23N2.2CH4O.CH3.Ti/c1-4-10-16-11-12-17(14(2)3)13-15-8-6-5-7-9-15;2*1-2;;/h5-9,16H,1-2,4,10-13H2,3H3;2*2H,1H3;1H3;/q-1;;;-1;+2. The largest absolute Gasteiger partial charge is 2.00 e. The van der Waals surface area contributed by atoms with Crippen molar-refractivity contribution in [2.75, 3.05) is 33.9 Å². The summed E-state index contributed by atoms with van der Waals surface area (Å²) in [5.74, 6) is 0. The van der Waals surface area contributed by atoms with Crippen LogP contribution in [0.4, 0.5) is 0 Å². The third kappa shape index (κ3) is 17.5. The normalized spacial score (nSPS) is 8.09. The van der Waals surface area contributed by atoms with E-state index in [2.05, 4.69) is 54.9 Å². The molecule has 5 heteroatoms. The summed E-state index contributed by atoms with van der Waals surface area (Å²) in [5, 5.41) is 17.4. The Morgan fingerprint density at radius 1 is 1.13 bits per heavy atom. The number of benzene rings is 1. The molecule has 4 nitrogen and oxygen atoms in total. The maximum absolute atomic E-state index is 7.00. The Balaban J connectivity index is -0.000000278. The van der Waals surface area contributed by atoms with Crippen molar-refractivity contribution in [2.24, 2.45) is 0 Å². The first-order chi connectivity index (χ1) is 10.2. The Morgan fingerprint density at radius 2 is 1.65 bits per heavy atom. The molecule has 132 valence electrons. The van der Waals surface area contributed by atoms with Gasteiger partial charge in [0.1, 0.15) is 0 Å². The van der Waals surface area contributed by atoms with E-state index in [9.17, 15) is 0 Å². The summed E-state index contributed by atoms with van der Waals surface area (Å²) in [4.78, 5) is 2.30. The number of hydrogen-bond acceptors (Lipinski definition) is 4. The third-order valence-electron chi connectivity index (χ3n) is 2.67. The van der Waals surface area contributed by atoms with E-state index < -0.39 is 0 Å². The quantitative estimate of drug-likeness (QED) is 0.380. The van der Waals surface area contributed by atoms with E-state index in [0.29, 0.717) is 0 Å². The van der Waals surface area contributed by atoms with Crippen LogP contribution in [0.5, 0.6) is 0 Å². The molecule has 0 atom stereocenters. The van der Waals surface area contributed by atoms with E-state index in [4.69, 9.17) is 10.2 Å². The number of nitrogens with one attached hydrogen (secondary N) is 1. The fraction of sp³-hybridized carbons (Fsp3) is 0.444. The molecule has 0 saturated carbocycles. The van der Waals surface area contributed by atoms with Crippen LogP contribution in [-0.2, 0) is 28.3 Å². The molecule has 1 rings (SSSR count). The molecule has 0 radical (unpaired) electrons. The van der Waals surface area contributed by atoms with Gasteiger partial charge in [0.25, 0.3) is 0 Å². The first kappa shape index (κ1) is 30.3. The zero-order chi connectivity index (χ0) is 16.5. The summed E-state index contributed by atoms with van der Waals surface area (Å²) in [6.07, 6.45) is 0.936. The molecule has 0 aliphatic carbocycles. The molecule has 0 aliphatic rings. The van der Waals surface area contributed by atoms with Gasteiger partial charge in [-0.25, -0.2) is 0 Å². The molecule has 0 heterocycles.